The summed E-state index contributed by atoms with van der Waals surface area (Å²) in [5.74, 6) is 0.635. The van der Waals surface area contributed by atoms with E-state index in [9.17, 15) is 0 Å². The molecule has 2 rings (SSSR count). The van der Waals surface area contributed by atoms with Gasteiger partial charge in [0.2, 0.25) is 6.39 Å². The molecule has 0 aromatic carbocycles. The Bertz CT molecular complexity index is 295. The molecule has 96 valence electrons. The van der Waals surface area contributed by atoms with E-state index in [-0.39, 0.29) is 0 Å². The van der Waals surface area contributed by atoms with Crippen LogP contribution in [-0.2, 0) is 11.3 Å². The fourth-order valence-corrected chi connectivity index (χ4v) is 2.23. The minimum absolute atomic E-state index is 0.355. The van der Waals surface area contributed by atoms with Gasteiger partial charge in [-0.15, -0.1) is 0 Å². The Morgan fingerprint density at radius 1 is 1.41 bits per heavy atom. The lowest BCUT2D eigenvalue weighted by molar-refractivity contribution is 0.00747. The van der Waals surface area contributed by atoms with Gasteiger partial charge in [-0.25, -0.2) is 0 Å². The van der Waals surface area contributed by atoms with Crippen molar-refractivity contribution in [2.45, 2.75) is 57.8 Å². The fourth-order valence-electron chi connectivity index (χ4n) is 2.23. The number of nitrogens with zero attached hydrogens (tertiary/aromatic N) is 2. The van der Waals surface area contributed by atoms with Crippen LogP contribution in [0.4, 0.5) is 0 Å². The maximum atomic E-state index is 5.77. The molecule has 0 amide bonds. The molecule has 5 nitrogen and oxygen atoms in total. The molecular formula is C12H21N3O2. The summed E-state index contributed by atoms with van der Waals surface area (Å²) >= 11 is 0. The van der Waals surface area contributed by atoms with Crippen LogP contribution < -0.4 is 5.32 Å². The SMILES string of the molecule is CCCNC1CCC(OCc2ncon2)CC1. The van der Waals surface area contributed by atoms with Crippen molar-refractivity contribution in [2.75, 3.05) is 6.54 Å². The van der Waals surface area contributed by atoms with E-state index < -0.39 is 0 Å². The van der Waals surface area contributed by atoms with Crippen molar-refractivity contribution in [3.63, 3.8) is 0 Å². The molecule has 1 aliphatic carbocycles. The van der Waals surface area contributed by atoms with Crippen molar-refractivity contribution >= 4 is 0 Å². The molecule has 0 bridgehead atoms. The summed E-state index contributed by atoms with van der Waals surface area (Å²) in [7, 11) is 0. The molecule has 5 heteroatoms. The molecule has 0 saturated heterocycles. The number of rotatable bonds is 6. The van der Waals surface area contributed by atoms with Crippen LogP contribution in [0.5, 0.6) is 0 Å². The predicted octanol–water partition coefficient (Wildman–Crippen LogP) is 1.90. The summed E-state index contributed by atoms with van der Waals surface area (Å²) in [6, 6.07) is 0.681. The summed E-state index contributed by atoms with van der Waals surface area (Å²) in [4.78, 5) is 3.94. The highest BCUT2D eigenvalue weighted by Gasteiger charge is 2.21. The van der Waals surface area contributed by atoms with Crippen molar-refractivity contribution in [2.24, 2.45) is 0 Å². The van der Waals surface area contributed by atoms with Crippen LogP contribution in [0.25, 0.3) is 0 Å². The minimum Gasteiger partial charge on any atom is -0.370 e. The third-order valence-corrected chi connectivity index (χ3v) is 3.21. The third kappa shape index (κ3) is 4.09. The molecule has 17 heavy (non-hydrogen) atoms. The molecule has 1 aromatic rings. The molecule has 1 aromatic heterocycles. The second-order valence-corrected chi connectivity index (χ2v) is 4.59. The third-order valence-electron chi connectivity index (χ3n) is 3.21. The normalized spacial score (nSPS) is 25.0. The number of hydrogen-bond donors (Lipinski definition) is 1. The maximum absolute atomic E-state index is 5.77. The van der Waals surface area contributed by atoms with Gasteiger partial charge in [0.15, 0.2) is 5.82 Å². The zero-order valence-corrected chi connectivity index (χ0v) is 10.4. The second kappa shape index (κ2) is 6.71. The lowest BCUT2D eigenvalue weighted by Crippen LogP contribution is -2.35. The molecule has 1 N–H and O–H groups in total. The first kappa shape index (κ1) is 12.5. The first-order chi connectivity index (χ1) is 8.38. The monoisotopic (exact) mass is 239 g/mol. The molecule has 1 aliphatic rings. The molecule has 1 heterocycles. The second-order valence-electron chi connectivity index (χ2n) is 4.59. The molecule has 0 unspecified atom stereocenters. The maximum Gasteiger partial charge on any atom is 0.213 e. The van der Waals surface area contributed by atoms with Gasteiger partial charge in [-0.05, 0) is 38.6 Å². The molecule has 0 radical (unpaired) electrons. The highest BCUT2D eigenvalue weighted by molar-refractivity contribution is 4.79. The van der Waals surface area contributed by atoms with Gasteiger partial charge in [-0.3, -0.25) is 0 Å². The number of ether oxygens (including phenoxy) is 1. The Labute approximate surface area is 102 Å². The van der Waals surface area contributed by atoms with E-state index in [1.165, 1.54) is 25.7 Å². The molecule has 1 saturated carbocycles. The van der Waals surface area contributed by atoms with Crippen LogP contribution in [0.3, 0.4) is 0 Å². The Kier molecular flexibility index (Phi) is 4.94. The summed E-state index contributed by atoms with van der Waals surface area (Å²) in [5.41, 5.74) is 0. The quantitative estimate of drug-likeness (QED) is 0.821. The highest BCUT2D eigenvalue weighted by atomic mass is 16.5. The van der Waals surface area contributed by atoms with Crippen molar-refractivity contribution in [3.05, 3.63) is 12.2 Å². The van der Waals surface area contributed by atoms with E-state index >= 15 is 0 Å². The number of aromatic nitrogens is 2. The summed E-state index contributed by atoms with van der Waals surface area (Å²) in [6.07, 6.45) is 7.55. The van der Waals surface area contributed by atoms with Gasteiger partial charge in [-0.1, -0.05) is 12.1 Å². The zero-order chi connectivity index (χ0) is 11.9. The first-order valence-corrected chi connectivity index (χ1v) is 6.48. The summed E-state index contributed by atoms with van der Waals surface area (Å²) in [6.45, 7) is 3.79. The van der Waals surface area contributed by atoms with Crippen molar-refractivity contribution in [3.8, 4) is 0 Å². The smallest absolute Gasteiger partial charge is 0.213 e. The topological polar surface area (TPSA) is 60.2 Å². The van der Waals surface area contributed by atoms with E-state index in [0.29, 0.717) is 24.6 Å². The standard InChI is InChI=1S/C12H21N3O2/c1-2-7-13-10-3-5-11(6-4-10)16-8-12-14-9-17-15-12/h9-11,13H,2-8H2,1H3. The van der Waals surface area contributed by atoms with E-state index in [4.69, 9.17) is 4.74 Å². The Morgan fingerprint density at radius 3 is 2.88 bits per heavy atom. The Hall–Kier alpha value is -0.940. The van der Waals surface area contributed by atoms with Crippen LogP contribution in [0, 0.1) is 0 Å². The van der Waals surface area contributed by atoms with Gasteiger partial charge < -0.3 is 14.6 Å². The Morgan fingerprint density at radius 2 is 2.24 bits per heavy atom. The first-order valence-electron chi connectivity index (χ1n) is 6.48. The summed E-state index contributed by atoms with van der Waals surface area (Å²) < 4.78 is 10.4. The fraction of sp³-hybridized carbons (Fsp3) is 0.833. The zero-order valence-electron chi connectivity index (χ0n) is 10.4. The van der Waals surface area contributed by atoms with Crippen LogP contribution in [0.1, 0.15) is 44.9 Å². The average molecular weight is 239 g/mol. The van der Waals surface area contributed by atoms with Gasteiger partial charge in [-0.2, -0.15) is 4.98 Å². The molecule has 0 atom stereocenters. The van der Waals surface area contributed by atoms with E-state index in [1.807, 2.05) is 0 Å². The largest absolute Gasteiger partial charge is 0.370 e. The average Bonchev–Trinajstić information content (AvgIpc) is 2.88. The summed E-state index contributed by atoms with van der Waals surface area (Å²) in [5, 5.41) is 7.30. The van der Waals surface area contributed by atoms with Crippen LogP contribution in [-0.4, -0.2) is 28.8 Å². The molecule has 1 fully saturated rings. The molecule has 0 aliphatic heterocycles. The van der Waals surface area contributed by atoms with Gasteiger partial charge in [0.05, 0.1) is 6.10 Å². The van der Waals surface area contributed by atoms with Gasteiger partial charge in [0.25, 0.3) is 0 Å². The van der Waals surface area contributed by atoms with E-state index in [1.54, 1.807) is 0 Å². The van der Waals surface area contributed by atoms with Crippen molar-refractivity contribution in [1.29, 1.82) is 0 Å². The van der Waals surface area contributed by atoms with E-state index in [2.05, 4.69) is 26.9 Å². The van der Waals surface area contributed by atoms with Gasteiger partial charge in [0, 0.05) is 6.04 Å². The Balaban J connectivity index is 1.62. The lowest BCUT2D eigenvalue weighted by atomic mass is 9.93. The van der Waals surface area contributed by atoms with Crippen LogP contribution >= 0.6 is 0 Å². The number of hydrogen-bond acceptors (Lipinski definition) is 5. The van der Waals surface area contributed by atoms with E-state index in [0.717, 1.165) is 19.4 Å². The van der Waals surface area contributed by atoms with Crippen LogP contribution in [0.2, 0.25) is 0 Å². The van der Waals surface area contributed by atoms with Crippen molar-refractivity contribution in [1.82, 2.24) is 15.5 Å². The molecular weight excluding hydrogens is 218 g/mol. The van der Waals surface area contributed by atoms with Crippen molar-refractivity contribution < 1.29 is 9.26 Å². The predicted molar refractivity (Wildman–Crippen MR) is 63.4 cm³/mol. The lowest BCUT2D eigenvalue weighted by Gasteiger charge is -2.28. The molecule has 0 spiro atoms. The van der Waals surface area contributed by atoms with Crippen LogP contribution in [0.15, 0.2) is 10.9 Å². The highest BCUT2D eigenvalue weighted by Crippen LogP contribution is 2.21. The number of nitrogens with one attached hydrogen (secondary N) is 1. The van der Waals surface area contributed by atoms with Gasteiger partial charge >= 0.3 is 0 Å². The van der Waals surface area contributed by atoms with Gasteiger partial charge in [0.1, 0.15) is 6.61 Å². The minimum atomic E-state index is 0.355.